The SMILES string of the molecule is CC(C)CCN=C1Nc2cc(Cl)sc2S(=O)(=O)N1.CCCCCCC(C)N=C1Nc2cc(Cl)sc2S(=O)(=O)N1. The molecule has 1 atom stereocenters. The van der Waals surface area contributed by atoms with Gasteiger partial charge in [-0.15, -0.1) is 22.7 Å². The molecule has 2 aliphatic rings. The van der Waals surface area contributed by atoms with E-state index in [0.29, 0.717) is 32.5 Å². The van der Waals surface area contributed by atoms with Gasteiger partial charge < -0.3 is 10.6 Å². The van der Waals surface area contributed by atoms with Crippen molar-refractivity contribution in [3.8, 4) is 0 Å². The molecule has 0 fully saturated rings. The number of anilines is 2. The van der Waals surface area contributed by atoms with Gasteiger partial charge in [-0.05, 0) is 37.8 Å². The van der Waals surface area contributed by atoms with Crippen LogP contribution in [0.5, 0.6) is 0 Å². The predicted molar refractivity (Wildman–Crippen MR) is 164 cm³/mol. The van der Waals surface area contributed by atoms with Crippen LogP contribution in [-0.2, 0) is 20.0 Å². The summed E-state index contributed by atoms with van der Waals surface area (Å²) in [6, 6.07) is 3.28. The van der Waals surface area contributed by atoms with Gasteiger partial charge in [0.05, 0.1) is 26.1 Å². The second-order valence-electron chi connectivity index (χ2n) is 9.55. The van der Waals surface area contributed by atoms with Crippen molar-refractivity contribution in [2.24, 2.45) is 15.9 Å². The van der Waals surface area contributed by atoms with E-state index >= 15 is 0 Å². The van der Waals surface area contributed by atoms with Gasteiger partial charge in [-0.25, -0.2) is 31.3 Å². The van der Waals surface area contributed by atoms with Crippen molar-refractivity contribution in [2.75, 3.05) is 17.2 Å². The first kappa shape index (κ1) is 31.9. The van der Waals surface area contributed by atoms with Crippen molar-refractivity contribution >= 4 is 89.2 Å². The predicted octanol–water partition coefficient (Wildman–Crippen LogP) is 6.33. The molecule has 0 radical (unpaired) electrons. The molecule has 0 saturated carbocycles. The number of nitrogens with zero attached hydrogens (tertiary/aromatic N) is 2. The summed E-state index contributed by atoms with van der Waals surface area (Å²) < 4.78 is 54.2. The summed E-state index contributed by atoms with van der Waals surface area (Å²) in [6.07, 6.45) is 6.58. The van der Waals surface area contributed by atoms with E-state index in [2.05, 4.69) is 50.8 Å². The fraction of sp³-hybridized carbons (Fsp3) is 0.565. The van der Waals surface area contributed by atoms with Crippen LogP contribution in [0.4, 0.5) is 11.4 Å². The maximum atomic E-state index is 12.1. The highest BCUT2D eigenvalue weighted by molar-refractivity contribution is 7.93. The third-order valence-corrected chi connectivity index (χ3v) is 11.9. The summed E-state index contributed by atoms with van der Waals surface area (Å²) in [5.41, 5.74) is 0.993. The zero-order valence-electron chi connectivity index (χ0n) is 22.2. The monoisotopic (exact) mass is 656 g/mol. The highest BCUT2D eigenvalue weighted by Crippen LogP contribution is 2.37. The van der Waals surface area contributed by atoms with Gasteiger partial charge in [-0.2, -0.15) is 0 Å². The van der Waals surface area contributed by atoms with Gasteiger partial charge >= 0.3 is 0 Å². The van der Waals surface area contributed by atoms with Crippen molar-refractivity contribution in [1.82, 2.24) is 9.44 Å². The fourth-order valence-corrected chi connectivity index (χ4v) is 9.12. The van der Waals surface area contributed by atoms with Gasteiger partial charge in [-0.3, -0.25) is 4.99 Å². The minimum Gasteiger partial charge on any atom is -0.324 e. The molecule has 2 aliphatic heterocycles. The Bertz CT molecular complexity index is 1420. The average Bonchev–Trinajstić information content (AvgIpc) is 3.39. The number of nitrogens with one attached hydrogen (secondary N) is 4. The Morgan fingerprint density at radius 1 is 0.821 bits per heavy atom. The molecule has 16 heteroatoms. The van der Waals surface area contributed by atoms with Crippen LogP contribution in [0.3, 0.4) is 0 Å². The number of guanidine groups is 2. The zero-order valence-corrected chi connectivity index (χ0v) is 27.0. The van der Waals surface area contributed by atoms with Crippen LogP contribution < -0.4 is 20.1 Å². The van der Waals surface area contributed by atoms with Gasteiger partial charge in [0.25, 0.3) is 20.0 Å². The number of hydrogen-bond acceptors (Lipinski definition) is 8. The molecule has 4 rings (SSSR count). The molecule has 0 bridgehead atoms. The van der Waals surface area contributed by atoms with Gasteiger partial charge in [0.15, 0.2) is 8.42 Å². The molecular weight excluding hydrogens is 623 g/mol. The van der Waals surface area contributed by atoms with E-state index in [0.717, 1.165) is 41.9 Å². The number of hydrogen-bond donors (Lipinski definition) is 4. The van der Waals surface area contributed by atoms with Gasteiger partial charge in [-0.1, -0.05) is 69.7 Å². The van der Waals surface area contributed by atoms with E-state index in [1.54, 1.807) is 12.1 Å². The highest BCUT2D eigenvalue weighted by atomic mass is 35.5. The summed E-state index contributed by atoms with van der Waals surface area (Å²) in [5.74, 6) is 1.07. The van der Waals surface area contributed by atoms with Crippen LogP contribution in [0.25, 0.3) is 0 Å². The van der Waals surface area contributed by atoms with Crippen LogP contribution in [0.1, 0.15) is 66.2 Å². The summed E-state index contributed by atoms with van der Waals surface area (Å²) >= 11 is 13.8. The Hall–Kier alpha value is -1.58. The second kappa shape index (κ2) is 13.9. The minimum absolute atomic E-state index is 0.0720. The smallest absolute Gasteiger partial charge is 0.275 e. The van der Waals surface area contributed by atoms with Crippen LogP contribution in [0, 0.1) is 5.92 Å². The standard InChI is InChI=1S/C13H20ClN3O2S2.C10H14ClN3O2S2/c1-3-4-5-6-7-9(2)15-13-16-10-8-11(14)20-12(10)21(18,19)17-13;1-6(2)3-4-12-10-13-7-5-8(11)17-9(7)18(15,16)14-10/h8-9H,3-7H2,1-2H3,(H2,15,16,17);5-6H,3-4H2,1-2H3,(H2,12,13,14). The van der Waals surface area contributed by atoms with E-state index in [4.69, 9.17) is 23.2 Å². The van der Waals surface area contributed by atoms with E-state index in [9.17, 15) is 16.8 Å². The summed E-state index contributed by atoms with van der Waals surface area (Å²) in [7, 11) is -7.08. The van der Waals surface area contributed by atoms with Crippen molar-refractivity contribution in [2.45, 2.75) is 80.7 Å². The molecule has 0 aliphatic carbocycles. The summed E-state index contributed by atoms with van der Waals surface area (Å²) in [5, 5.41) is 5.92. The summed E-state index contributed by atoms with van der Waals surface area (Å²) in [4.78, 5) is 8.62. The lowest BCUT2D eigenvalue weighted by atomic mass is 10.1. The molecule has 0 spiro atoms. The number of aliphatic imine (C=N–C) groups is 2. The molecule has 0 saturated heterocycles. The van der Waals surface area contributed by atoms with E-state index in [1.165, 1.54) is 19.3 Å². The van der Waals surface area contributed by atoms with Crippen LogP contribution >= 0.6 is 45.9 Å². The maximum Gasteiger partial charge on any atom is 0.275 e. The normalized spacial score (nSPS) is 19.6. The largest absolute Gasteiger partial charge is 0.324 e. The van der Waals surface area contributed by atoms with Crippen molar-refractivity contribution < 1.29 is 16.8 Å². The lowest BCUT2D eigenvalue weighted by Crippen LogP contribution is -2.40. The lowest BCUT2D eigenvalue weighted by Gasteiger charge is -2.19. The third-order valence-electron chi connectivity index (χ3n) is 5.59. The molecule has 0 amide bonds. The molecule has 10 nitrogen and oxygen atoms in total. The second-order valence-corrected chi connectivity index (χ2v) is 16.7. The molecular formula is C23H34Cl2N6O4S4. The van der Waals surface area contributed by atoms with Crippen LogP contribution in [0.2, 0.25) is 8.67 Å². The van der Waals surface area contributed by atoms with Crippen molar-refractivity contribution in [3.05, 3.63) is 20.8 Å². The number of fused-ring (bicyclic) bond motifs is 2. The van der Waals surface area contributed by atoms with Crippen LogP contribution in [0.15, 0.2) is 30.5 Å². The van der Waals surface area contributed by atoms with Gasteiger partial charge in [0.2, 0.25) is 11.9 Å². The number of halogens is 2. The molecule has 1 unspecified atom stereocenters. The molecule has 4 N–H and O–H groups in total. The van der Waals surface area contributed by atoms with Gasteiger partial charge in [0, 0.05) is 6.54 Å². The Balaban J connectivity index is 0.000000218. The Morgan fingerprint density at radius 3 is 1.90 bits per heavy atom. The molecule has 218 valence electrons. The topological polar surface area (TPSA) is 141 Å². The number of unbranched alkanes of at least 4 members (excludes halogenated alkanes) is 3. The molecule has 4 heterocycles. The molecule has 2 aromatic rings. The zero-order chi connectivity index (χ0) is 28.8. The summed E-state index contributed by atoms with van der Waals surface area (Å²) in [6.45, 7) is 8.93. The minimum atomic E-state index is -3.55. The molecule has 0 aromatic carbocycles. The van der Waals surface area contributed by atoms with E-state index in [1.807, 2.05) is 6.92 Å². The number of sulfonamides is 2. The first-order valence-corrected chi connectivity index (χ1v) is 18.0. The molecule has 39 heavy (non-hydrogen) atoms. The van der Waals surface area contributed by atoms with Crippen molar-refractivity contribution in [1.29, 1.82) is 0 Å². The lowest BCUT2D eigenvalue weighted by molar-refractivity contribution is 0.574. The van der Waals surface area contributed by atoms with E-state index < -0.39 is 20.0 Å². The van der Waals surface area contributed by atoms with Crippen molar-refractivity contribution in [3.63, 3.8) is 0 Å². The van der Waals surface area contributed by atoms with E-state index in [-0.39, 0.29) is 26.4 Å². The van der Waals surface area contributed by atoms with Gasteiger partial charge in [0.1, 0.15) is 0 Å². The Morgan fingerprint density at radius 2 is 1.36 bits per heavy atom. The van der Waals surface area contributed by atoms with Crippen LogP contribution in [-0.4, -0.2) is 41.3 Å². The average molecular weight is 658 g/mol. The number of rotatable bonds is 9. The quantitative estimate of drug-likeness (QED) is 0.233. The molecule has 2 aromatic heterocycles. The first-order chi connectivity index (χ1) is 18.3. The maximum absolute atomic E-state index is 12.1. The first-order valence-electron chi connectivity index (χ1n) is 12.6. The Labute approximate surface area is 248 Å². The number of thiophene rings is 2. The third kappa shape index (κ3) is 9.22. The fourth-order valence-electron chi connectivity index (χ4n) is 3.63. The Kier molecular flexibility index (Phi) is 11.4. The highest BCUT2D eigenvalue weighted by Gasteiger charge is 2.30.